The molecular weight excluding hydrogens is 275 g/mol. The maximum absolute atomic E-state index is 10.6. The highest BCUT2D eigenvalue weighted by molar-refractivity contribution is 8.54. The van der Waals surface area contributed by atoms with Crippen molar-refractivity contribution in [1.29, 1.82) is 0 Å². The van der Waals surface area contributed by atoms with E-state index in [4.69, 9.17) is 26.1 Å². The number of methoxy groups -OCH3 is 1. The predicted molar refractivity (Wildman–Crippen MR) is 61.1 cm³/mol. The minimum atomic E-state index is -4.11. The molecule has 1 rings (SSSR count). The molecule has 0 amide bonds. The molecule has 90 valence electrons. The lowest BCUT2D eigenvalue weighted by Gasteiger charge is -2.05. The third-order valence-electron chi connectivity index (χ3n) is 1.45. The van der Waals surface area contributed by atoms with Crippen LogP contribution < -0.4 is 0 Å². The molecule has 0 spiro atoms. The van der Waals surface area contributed by atoms with Crippen LogP contribution in [0.3, 0.4) is 0 Å². The molecule has 0 saturated carbocycles. The number of hydrogen-bond acceptors (Lipinski definition) is 5. The van der Waals surface area contributed by atoms with Crippen molar-refractivity contribution in [2.75, 3.05) is 7.11 Å². The molecule has 9 heteroatoms. The number of halogens is 1. The topological polar surface area (TPSA) is 92.5 Å². The highest BCUT2D eigenvalue weighted by atomic mass is 35.5. The zero-order valence-electron chi connectivity index (χ0n) is 8.33. The van der Waals surface area contributed by atoms with Crippen LogP contribution in [0.1, 0.15) is 11.5 Å². The summed E-state index contributed by atoms with van der Waals surface area (Å²) in [6.07, 6.45) is 0. The Kier molecular flexibility index (Phi) is 5.17. The van der Waals surface area contributed by atoms with E-state index in [1.165, 1.54) is 13.2 Å². The fraction of sp³-hybridized carbons (Fsp3) is 0.429. The van der Waals surface area contributed by atoms with Crippen molar-refractivity contribution < 1.29 is 19.1 Å². The molecule has 1 heterocycles. The first-order valence-corrected chi connectivity index (χ1v) is 7.70. The van der Waals surface area contributed by atoms with Crippen LogP contribution >= 0.6 is 29.8 Å². The summed E-state index contributed by atoms with van der Waals surface area (Å²) in [7, 11) is 1.51. The fourth-order valence-electron chi connectivity index (χ4n) is 0.944. The second-order valence-electron chi connectivity index (χ2n) is 2.80. The van der Waals surface area contributed by atoms with Crippen molar-refractivity contribution in [3.05, 3.63) is 22.7 Å². The van der Waals surface area contributed by atoms with Crippen molar-refractivity contribution in [3.8, 4) is 0 Å². The molecule has 0 aliphatic heterocycles. The van der Waals surface area contributed by atoms with Gasteiger partial charge in [0.25, 0.3) is 0 Å². The molecular formula is C7H10ClN2O4PS. The van der Waals surface area contributed by atoms with Crippen molar-refractivity contribution in [2.24, 2.45) is 0 Å². The molecule has 0 fully saturated rings. The number of rotatable bonds is 5. The van der Waals surface area contributed by atoms with Gasteiger partial charge < -0.3 is 14.5 Å². The Labute approximate surface area is 101 Å². The van der Waals surface area contributed by atoms with Crippen LogP contribution in [0.2, 0.25) is 5.15 Å². The minimum Gasteiger partial charge on any atom is -0.378 e. The van der Waals surface area contributed by atoms with Gasteiger partial charge in [-0.2, -0.15) is 0 Å². The van der Waals surface area contributed by atoms with E-state index in [-0.39, 0.29) is 23.3 Å². The highest BCUT2D eigenvalue weighted by Crippen LogP contribution is 2.51. The molecule has 0 saturated heterocycles. The minimum absolute atomic E-state index is 0.00154. The Hall–Kier alpha value is -0.170. The molecule has 0 unspecified atom stereocenters. The van der Waals surface area contributed by atoms with Gasteiger partial charge in [-0.15, -0.1) is 0 Å². The van der Waals surface area contributed by atoms with Gasteiger partial charge in [0.1, 0.15) is 11.0 Å². The lowest BCUT2D eigenvalue weighted by molar-refractivity contribution is 0.181. The van der Waals surface area contributed by atoms with Crippen molar-refractivity contribution in [2.45, 2.75) is 12.4 Å². The lowest BCUT2D eigenvalue weighted by atomic mass is 10.4. The van der Waals surface area contributed by atoms with Crippen LogP contribution in [0.5, 0.6) is 0 Å². The van der Waals surface area contributed by atoms with Crippen LogP contribution in [-0.2, 0) is 21.7 Å². The molecule has 1 aromatic heterocycles. The maximum Gasteiger partial charge on any atom is 0.384 e. The largest absolute Gasteiger partial charge is 0.384 e. The van der Waals surface area contributed by atoms with Gasteiger partial charge in [-0.05, 0) is 17.4 Å². The van der Waals surface area contributed by atoms with E-state index in [1.54, 1.807) is 0 Å². The standard InChI is InChI=1S/C7H10ClN2O4PS/c1-14-3-5-2-6(8)10-7(9-5)4-16-15(11,12)13/h2H,3-4H2,1H3,(H2,11,12,13). The van der Waals surface area contributed by atoms with E-state index in [0.717, 1.165) is 0 Å². The zero-order chi connectivity index (χ0) is 12.2. The highest BCUT2D eigenvalue weighted by Gasteiger charge is 2.15. The van der Waals surface area contributed by atoms with Gasteiger partial charge in [0, 0.05) is 7.11 Å². The summed E-state index contributed by atoms with van der Waals surface area (Å²) in [6.45, 7) is -3.84. The van der Waals surface area contributed by atoms with Gasteiger partial charge in [-0.1, -0.05) is 11.6 Å². The van der Waals surface area contributed by atoms with Gasteiger partial charge in [0.05, 0.1) is 18.1 Å². The Morgan fingerprint density at radius 3 is 2.81 bits per heavy atom. The van der Waals surface area contributed by atoms with E-state index < -0.39 is 6.80 Å². The van der Waals surface area contributed by atoms with Crippen LogP contribution in [0, 0.1) is 0 Å². The second kappa shape index (κ2) is 5.95. The quantitative estimate of drug-likeness (QED) is 0.626. The van der Waals surface area contributed by atoms with E-state index >= 15 is 0 Å². The molecule has 1 aromatic rings. The van der Waals surface area contributed by atoms with E-state index in [1.807, 2.05) is 0 Å². The lowest BCUT2D eigenvalue weighted by Crippen LogP contribution is -1.99. The summed E-state index contributed by atoms with van der Waals surface area (Å²) in [4.78, 5) is 25.3. The normalized spacial score (nSPS) is 11.8. The smallest absolute Gasteiger partial charge is 0.378 e. The average Bonchev–Trinajstić information content (AvgIpc) is 2.13. The number of nitrogens with zero attached hydrogens (tertiary/aromatic N) is 2. The van der Waals surface area contributed by atoms with Gasteiger partial charge in [-0.3, -0.25) is 0 Å². The molecule has 6 nitrogen and oxygen atoms in total. The number of hydrogen-bond donors (Lipinski definition) is 2. The summed E-state index contributed by atoms with van der Waals surface area (Å²) in [5, 5.41) is 0.225. The Bertz CT molecular complexity index is 413. The number of aromatic nitrogens is 2. The van der Waals surface area contributed by atoms with Gasteiger partial charge >= 0.3 is 6.80 Å². The summed E-state index contributed by atoms with van der Waals surface area (Å²) < 4.78 is 15.5. The zero-order valence-corrected chi connectivity index (χ0v) is 10.8. The first kappa shape index (κ1) is 13.9. The van der Waals surface area contributed by atoms with Gasteiger partial charge in [0.2, 0.25) is 0 Å². The van der Waals surface area contributed by atoms with Crippen LogP contribution in [-0.4, -0.2) is 26.9 Å². The first-order chi connectivity index (χ1) is 7.40. The Morgan fingerprint density at radius 1 is 1.56 bits per heavy atom. The Balaban J connectivity index is 2.76. The van der Waals surface area contributed by atoms with Gasteiger partial charge in [0.15, 0.2) is 0 Å². The van der Waals surface area contributed by atoms with Crippen LogP contribution in [0.15, 0.2) is 6.07 Å². The summed E-state index contributed by atoms with van der Waals surface area (Å²) in [6, 6.07) is 1.54. The third kappa shape index (κ3) is 5.25. The number of ether oxygens (including phenoxy) is 1. The molecule has 0 radical (unpaired) electrons. The predicted octanol–water partition coefficient (Wildman–Crippen LogP) is 1.60. The monoisotopic (exact) mass is 284 g/mol. The molecule has 2 N–H and O–H groups in total. The summed E-state index contributed by atoms with van der Waals surface area (Å²) in [5.74, 6) is 0.273. The fourth-order valence-corrected chi connectivity index (χ4v) is 2.43. The molecule has 0 bridgehead atoms. The van der Waals surface area contributed by atoms with Crippen molar-refractivity contribution >= 4 is 29.8 Å². The SMILES string of the molecule is COCc1cc(Cl)nc(CSP(=O)(O)O)n1. The first-order valence-electron chi connectivity index (χ1n) is 4.12. The summed E-state index contributed by atoms with van der Waals surface area (Å²) in [5.41, 5.74) is 0.573. The molecule has 16 heavy (non-hydrogen) atoms. The average molecular weight is 285 g/mol. The molecule has 0 aromatic carbocycles. The molecule has 0 atom stereocenters. The van der Waals surface area contributed by atoms with Gasteiger partial charge in [-0.25, -0.2) is 14.5 Å². The third-order valence-corrected chi connectivity index (χ3v) is 3.76. The maximum atomic E-state index is 10.6. The van der Waals surface area contributed by atoms with Crippen LogP contribution in [0.4, 0.5) is 0 Å². The second-order valence-corrected chi connectivity index (χ2v) is 6.91. The van der Waals surface area contributed by atoms with E-state index in [0.29, 0.717) is 17.1 Å². The Morgan fingerprint density at radius 2 is 2.25 bits per heavy atom. The van der Waals surface area contributed by atoms with E-state index in [2.05, 4.69) is 9.97 Å². The molecule has 0 aliphatic rings. The van der Waals surface area contributed by atoms with Crippen molar-refractivity contribution in [3.63, 3.8) is 0 Å². The molecule has 0 aliphatic carbocycles. The summed E-state index contributed by atoms with van der Waals surface area (Å²) >= 11 is 6.19. The van der Waals surface area contributed by atoms with Crippen LogP contribution in [0.25, 0.3) is 0 Å². The van der Waals surface area contributed by atoms with E-state index in [9.17, 15) is 4.57 Å². The van der Waals surface area contributed by atoms with Crippen molar-refractivity contribution in [1.82, 2.24) is 9.97 Å².